The number of piperidine rings is 1. The van der Waals surface area contributed by atoms with Gasteiger partial charge in [-0.2, -0.15) is 5.10 Å². The number of nitrogens with one attached hydrogen (secondary N) is 2. The molecule has 23 heavy (non-hydrogen) atoms. The molecule has 1 aromatic heterocycles. The molecule has 1 saturated heterocycles. The van der Waals surface area contributed by atoms with Crippen molar-refractivity contribution in [3.8, 4) is 0 Å². The molecule has 2 heterocycles. The molecular weight excluding hydrogens is 312 g/mol. The van der Waals surface area contributed by atoms with Crippen LogP contribution in [0.5, 0.6) is 0 Å². The molecule has 1 fully saturated rings. The minimum atomic E-state index is -3.52. The van der Waals surface area contributed by atoms with Crippen molar-refractivity contribution in [1.82, 2.24) is 14.9 Å². The lowest BCUT2D eigenvalue weighted by Gasteiger charge is -2.33. The summed E-state index contributed by atoms with van der Waals surface area (Å²) in [5.74, 6) is 0. The van der Waals surface area contributed by atoms with Crippen molar-refractivity contribution in [2.45, 2.75) is 37.6 Å². The molecule has 1 aromatic carbocycles. The third-order valence-corrected chi connectivity index (χ3v) is 6.05. The Hall–Kier alpha value is -1.86. The van der Waals surface area contributed by atoms with Crippen molar-refractivity contribution in [1.29, 1.82) is 0 Å². The Balaban J connectivity index is 1.65. The Kier molecular flexibility index (Phi) is 4.41. The van der Waals surface area contributed by atoms with Gasteiger partial charge in [0.05, 0.1) is 11.4 Å². The minimum absolute atomic E-state index is 0.0336. The fraction of sp³-hybridized carbons (Fsp3) is 0.438. The van der Waals surface area contributed by atoms with Gasteiger partial charge in [0.1, 0.15) is 4.90 Å². The van der Waals surface area contributed by atoms with Crippen molar-refractivity contribution in [3.05, 3.63) is 41.7 Å². The van der Waals surface area contributed by atoms with Gasteiger partial charge in [0.25, 0.3) is 0 Å². The second-order valence-corrected chi connectivity index (χ2v) is 7.63. The number of para-hydroxylation sites is 1. The summed E-state index contributed by atoms with van der Waals surface area (Å²) in [6, 6.07) is 10.2. The van der Waals surface area contributed by atoms with Crippen LogP contribution in [-0.4, -0.2) is 37.7 Å². The zero-order valence-corrected chi connectivity index (χ0v) is 14.2. The van der Waals surface area contributed by atoms with Gasteiger partial charge >= 0.3 is 0 Å². The van der Waals surface area contributed by atoms with E-state index in [1.165, 1.54) is 5.69 Å². The van der Waals surface area contributed by atoms with Crippen LogP contribution in [0, 0.1) is 13.8 Å². The maximum atomic E-state index is 12.6. The van der Waals surface area contributed by atoms with E-state index in [2.05, 4.69) is 32.0 Å². The maximum absolute atomic E-state index is 12.6. The van der Waals surface area contributed by atoms with Gasteiger partial charge in [0.15, 0.2) is 0 Å². The van der Waals surface area contributed by atoms with Crippen molar-refractivity contribution >= 4 is 15.7 Å². The molecule has 0 spiro atoms. The van der Waals surface area contributed by atoms with Crippen LogP contribution in [-0.2, 0) is 10.0 Å². The van der Waals surface area contributed by atoms with Gasteiger partial charge in [-0.1, -0.05) is 18.2 Å². The maximum Gasteiger partial charge on any atom is 0.244 e. The van der Waals surface area contributed by atoms with Crippen molar-refractivity contribution < 1.29 is 8.42 Å². The van der Waals surface area contributed by atoms with E-state index in [1.54, 1.807) is 13.8 Å². The summed E-state index contributed by atoms with van der Waals surface area (Å²) in [5, 5.41) is 6.71. The van der Waals surface area contributed by atoms with E-state index < -0.39 is 10.0 Å². The van der Waals surface area contributed by atoms with Crippen LogP contribution < -0.4 is 9.62 Å². The zero-order chi connectivity index (χ0) is 16.4. The largest absolute Gasteiger partial charge is 0.371 e. The van der Waals surface area contributed by atoms with E-state index in [0.29, 0.717) is 11.4 Å². The van der Waals surface area contributed by atoms with Gasteiger partial charge in [-0.05, 0) is 38.8 Å². The molecule has 2 aromatic rings. The zero-order valence-electron chi connectivity index (χ0n) is 13.4. The number of nitrogens with zero attached hydrogens (tertiary/aromatic N) is 2. The van der Waals surface area contributed by atoms with Crippen LogP contribution in [0.4, 0.5) is 5.69 Å². The van der Waals surface area contributed by atoms with Crippen LogP contribution in [0.15, 0.2) is 35.2 Å². The number of sulfonamides is 1. The highest BCUT2D eigenvalue weighted by Crippen LogP contribution is 2.22. The van der Waals surface area contributed by atoms with Gasteiger partial charge < -0.3 is 4.90 Å². The molecule has 0 aliphatic carbocycles. The standard InChI is InChI=1S/C16H22N4O2S/c1-12-16(13(2)18-17-12)23(21,22)19-14-8-10-20(11-9-14)15-6-4-3-5-7-15/h3-7,14,19H,8-11H2,1-2H3,(H,17,18). The predicted molar refractivity (Wildman–Crippen MR) is 90.1 cm³/mol. The highest BCUT2D eigenvalue weighted by Gasteiger charge is 2.28. The third kappa shape index (κ3) is 3.40. The molecule has 0 unspecified atom stereocenters. The molecule has 124 valence electrons. The molecular formula is C16H22N4O2S. The Morgan fingerprint density at radius 3 is 2.39 bits per heavy atom. The molecule has 0 atom stereocenters. The van der Waals surface area contributed by atoms with Gasteiger partial charge in [-0.25, -0.2) is 13.1 Å². The molecule has 0 radical (unpaired) electrons. The Morgan fingerprint density at radius 2 is 1.83 bits per heavy atom. The van der Waals surface area contributed by atoms with Crippen LogP contribution in [0.2, 0.25) is 0 Å². The average Bonchev–Trinajstić information content (AvgIpc) is 2.88. The average molecular weight is 334 g/mol. The molecule has 3 rings (SSSR count). The number of H-pyrrole nitrogens is 1. The van der Waals surface area contributed by atoms with Crippen LogP contribution >= 0.6 is 0 Å². The van der Waals surface area contributed by atoms with Crippen molar-refractivity contribution in [3.63, 3.8) is 0 Å². The lowest BCUT2D eigenvalue weighted by molar-refractivity contribution is 0.460. The first-order valence-corrected chi connectivity index (χ1v) is 9.29. The predicted octanol–water partition coefficient (Wildman–Crippen LogP) is 1.97. The van der Waals surface area contributed by atoms with Gasteiger partial charge in [0.2, 0.25) is 10.0 Å². The summed E-state index contributed by atoms with van der Waals surface area (Å²) in [4.78, 5) is 2.57. The fourth-order valence-electron chi connectivity index (χ4n) is 3.11. The Bertz CT molecular complexity index is 743. The van der Waals surface area contributed by atoms with Crippen LogP contribution in [0.25, 0.3) is 0 Å². The summed E-state index contributed by atoms with van der Waals surface area (Å²) in [7, 11) is -3.52. The van der Waals surface area contributed by atoms with Gasteiger partial charge in [-0.3, -0.25) is 5.10 Å². The first-order chi connectivity index (χ1) is 11.0. The normalized spacial score (nSPS) is 16.7. The molecule has 1 aliphatic rings. The Labute approximate surface area is 137 Å². The smallest absolute Gasteiger partial charge is 0.244 e. The first kappa shape index (κ1) is 16.0. The topological polar surface area (TPSA) is 78.1 Å². The summed E-state index contributed by atoms with van der Waals surface area (Å²) < 4.78 is 28.0. The molecule has 6 nitrogen and oxygen atoms in total. The number of aryl methyl sites for hydroxylation is 2. The number of aromatic nitrogens is 2. The highest BCUT2D eigenvalue weighted by molar-refractivity contribution is 7.89. The lowest BCUT2D eigenvalue weighted by Crippen LogP contribution is -2.44. The molecule has 2 N–H and O–H groups in total. The van der Waals surface area contributed by atoms with E-state index in [1.807, 2.05) is 18.2 Å². The van der Waals surface area contributed by atoms with Crippen LogP contribution in [0.3, 0.4) is 0 Å². The van der Waals surface area contributed by atoms with E-state index in [0.717, 1.165) is 25.9 Å². The number of hydrogen-bond acceptors (Lipinski definition) is 4. The number of rotatable bonds is 4. The summed E-state index contributed by atoms with van der Waals surface area (Å²) in [6.45, 7) is 5.13. The molecule has 1 aliphatic heterocycles. The van der Waals surface area contributed by atoms with Gasteiger partial charge in [0, 0.05) is 24.8 Å². The van der Waals surface area contributed by atoms with Crippen molar-refractivity contribution in [2.75, 3.05) is 18.0 Å². The SMILES string of the molecule is Cc1n[nH]c(C)c1S(=O)(=O)NC1CCN(c2ccccc2)CC1. The molecule has 0 saturated carbocycles. The molecule has 0 bridgehead atoms. The molecule has 7 heteroatoms. The second kappa shape index (κ2) is 6.33. The third-order valence-electron chi connectivity index (χ3n) is 4.27. The molecule has 0 amide bonds. The van der Waals surface area contributed by atoms with Crippen LogP contribution in [0.1, 0.15) is 24.2 Å². The number of aromatic amines is 1. The number of anilines is 1. The van der Waals surface area contributed by atoms with E-state index in [9.17, 15) is 8.42 Å². The monoisotopic (exact) mass is 334 g/mol. The fourth-order valence-corrected chi connectivity index (χ4v) is 4.78. The summed E-state index contributed by atoms with van der Waals surface area (Å²) >= 11 is 0. The highest BCUT2D eigenvalue weighted by atomic mass is 32.2. The first-order valence-electron chi connectivity index (χ1n) is 7.81. The number of benzene rings is 1. The van der Waals surface area contributed by atoms with Gasteiger partial charge in [-0.15, -0.1) is 0 Å². The van der Waals surface area contributed by atoms with E-state index >= 15 is 0 Å². The summed E-state index contributed by atoms with van der Waals surface area (Å²) in [5.41, 5.74) is 2.28. The van der Waals surface area contributed by atoms with E-state index in [-0.39, 0.29) is 10.9 Å². The number of hydrogen-bond donors (Lipinski definition) is 2. The quantitative estimate of drug-likeness (QED) is 0.896. The summed E-state index contributed by atoms with van der Waals surface area (Å²) in [6.07, 6.45) is 1.59. The Morgan fingerprint density at radius 1 is 1.17 bits per heavy atom. The van der Waals surface area contributed by atoms with E-state index in [4.69, 9.17) is 0 Å². The lowest BCUT2D eigenvalue weighted by atomic mass is 10.1. The van der Waals surface area contributed by atoms with Crippen molar-refractivity contribution in [2.24, 2.45) is 0 Å². The minimum Gasteiger partial charge on any atom is -0.371 e. The second-order valence-electron chi connectivity index (χ2n) is 5.98.